The van der Waals surface area contributed by atoms with E-state index in [-0.39, 0.29) is 0 Å². The zero-order valence-electron chi connectivity index (χ0n) is 17.9. The average Bonchev–Trinajstić information content (AvgIpc) is 2.83. The van der Waals surface area contributed by atoms with E-state index in [1.807, 2.05) is 61.5 Å². The molecule has 7 heteroatoms. The van der Waals surface area contributed by atoms with E-state index < -0.39 is 18.5 Å². The summed E-state index contributed by atoms with van der Waals surface area (Å²) in [7, 11) is 0. The van der Waals surface area contributed by atoms with Crippen molar-refractivity contribution in [2.24, 2.45) is 0 Å². The first-order valence-electron chi connectivity index (χ1n) is 10.4. The highest BCUT2D eigenvalue weighted by atomic mass is 79.9. The van der Waals surface area contributed by atoms with Crippen molar-refractivity contribution in [1.29, 1.82) is 0 Å². The van der Waals surface area contributed by atoms with Crippen LogP contribution < -0.4 is 10.1 Å². The van der Waals surface area contributed by atoms with Crippen LogP contribution in [0, 0.1) is 0 Å². The molecule has 3 aromatic carbocycles. The molecule has 0 saturated heterocycles. The molecular weight excluding hydrogens is 484 g/mol. The van der Waals surface area contributed by atoms with Crippen LogP contribution >= 0.6 is 15.9 Å². The molecular formula is C26H21BrN2O4. The summed E-state index contributed by atoms with van der Waals surface area (Å²) in [6.07, 6.45) is 0. The monoisotopic (exact) mass is 504 g/mol. The van der Waals surface area contributed by atoms with Crippen molar-refractivity contribution < 1.29 is 19.1 Å². The van der Waals surface area contributed by atoms with Crippen LogP contribution in [0.4, 0.5) is 5.69 Å². The lowest BCUT2D eigenvalue weighted by Crippen LogP contribution is -2.21. The molecule has 1 N–H and O–H groups in total. The maximum atomic E-state index is 13.0. The standard InChI is InChI=1S/C26H21BrN2O4/c1-2-32-24-10-6-5-9-22(24)29-25(30)16-33-26(31)20-15-23(17-11-13-18(27)14-12-17)28-21-8-4-3-7-19(20)21/h3-15H,2,16H2,1H3,(H,29,30). The maximum Gasteiger partial charge on any atom is 0.339 e. The molecule has 166 valence electrons. The first-order valence-corrected chi connectivity index (χ1v) is 11.2. The summed E-state index contributed by atoms with van der Waals surface area (Å²) in [5, 5.41) is 3.38. The Labute approximate surface area is 199 Å². The molecule has 1 heterocycles. The van der Waals surface area contributed by atoms with Gasteiger partial charge < -0.3 is 14.8 Å². The second-order valence-corrected chi connectivity index (χ2v) is 8.05. The number of benzene rings is 3. The minimum absolute atomic E-state index is 0.348. The van der Waals surface area contributed by atoms with Crippen molar-refractivity contribution in [2.45, 2.75) is 6.92 Å². The van der Waals surface area contributed by atoms with Gasteiger partial charge in [0.05, 0.1) is 29.1 Å². The Morgan fingerprint density at radius 1 is 0.970 bits per heavy atom. The third-order valence-corrected chi connectivity index (χ3v) is 5.40. The number of ether oxygens (including phenoxy) is 2. The highest BCUT2D eigenvalue weighted by Gasteiger charge is 2.17. The number of esters is 1. The van der Waals surface area contributed by atoms with Gasteiger partial charge in [-0.05, 0) is 43.3 Å². The SMILES string of the molecule is CCOc1ccccc1NC(=O)COC(=O)c1cc(-c2ccc(Br)cc2)nc2ccccc12. The fourth-order valence-electron chi connectivity index (χ4n) is 3.36. The van der Waals surface area contributed by atoms with E-state index in [1.165, 1.54) is 0 Å². The van der Waals surface area contributed by atoms with Crippen molar-refractivity contribution in [3.8, 4) is 17.0 Å². The summed E-state index contributed by atoms with van der Waals surface area (Å²) in [6, 6.07) is 23.8. The number of para-hydroxylation sites is 3. The number of fused-ring (bicyclic) bond motifs is 1. The predicted molar refractivity (Wildman–Crippen MR) is 131 cm³/mol. The van der Waals surface area contributed by atoms with E-state index in [4.69, 9.17) is 9.47 Å². The number of nitrogens with zero attached hydrogens (tertiary/aromatic N) is 1. The number of anilines is 1. The Bertz CT molecular complexity index is 1310. The third-order valence-electron chi connectivity index (χ3n) is 4.87. The van der Waals surface area contributed by atoms with Gasteiger partial charge in [0, 0.05) is 15.4 Å². The van der Waals surface area contributed by atoms with Gasteiger partial charge in [-0.1, -0.05) is 58.4 Å². The number of halogens is 1. The Morgan fingerprint density at radius 3 is 2.48 bits per heavy atom. The summed E-state index contributed by atoms with van der Waals surface area (Å²) in [4.78, 5) is 30.1. The van der Waals surface area contributed by atoms with Gasteiger partial charge in [0.2, 0.25) is 0 Å². The molecule has 1 amide bonds. The van der Waals surface area contributed by atoms with Crippen molar-refractivity contribution in [2.75, 3.05) is 18.5 Å². The van der Waals surface area contributed by atoms with Gasteiger partial charge in [-0.25, -0.2) is 9.78 Å². The largest absolute Gasteiger partial charge is 0.492 e. The Balaban J connectivity index is 1.54. The molecule has 0 unspecified atom stereocenters. The first-order chi connectivity index (χ1) is 16.0. The van der Waals surface area contributed by atoms with E-state index in [0.717, 1.165) is 10.0 Å². The lowest BCUT2D eigenvalue weighted by Gasteiger charge is -2.12. The van der Waals surface area contributed by atoms with Gasteiger partial charge in [-0.2, -0.15) is 0 Å². The highest BCUT2D eigenvalue weighted by Crippen LogP contribution is 2.27. The third kappa shape index (κ3) is 5.38. The van der Waals surface area contributed by atoms with Crippen molar-refractivity contribution in [3.05, 3.63) is 88.9 Å². The molecule has 0 bridgehead atoms. The molecule has 1 aromatic heterocycles. The molecule has 4 aromatic rings. The molecule has 0 atom stereocenters. The second-order valence-electron chi connectivity index (χ2n) is 7.13. The number of rotatable bonds is 7. The van der Waals surface area contributed by atoms with Crippen LogP contribution in [-0.2, 0) is 9.53 Å². The highest BCUT2D eigenvalue weighted by molar-refractivity contribution is 9.10. The van der Waals surface area contributed by atoms with Crippen LogP contribution in [-0.4, -0.2) is 30.1 Å². The summed E-state index contributed by atoms with van der Waals surface area (Å²) >= 11 is 3.43. The van der Waals surface area contributed by atoms with Gasteiger partial charge >= 0.3 is 5.97 Å². The Kier molecular flexibility index (Phi) is 7.00. The first kappa shape index (κ1) is 22.5. The maximum absolute atomic E-state index is 13.0. The normalized spacial score (nSPS) is 10.6. The molecule has 0 saturated carbocycles. The molecule has 0 aliphatic heterocycles. The van der Waals surface area contributed by atoms with Crippen molar-refractivity contribution >= 4 is 44.4 Å². The van der Waals surface area contributed by atoms with Gasteiger partial charge in [-0.3, -0.25) is 4.79 Å². The van der Waals surface area contributed by atoms with Crippen LogP contribution in [0.1, 0.15) is 17.3 Å². The average molecular weight is 505 g/mol. The molecule has 4 rings (SSSR count). The van der Waals surface area contributed by atoms with E-state index in [2.05, 4.69) is 26.2 Å². The number of nitrogens with one attached hydrogen (secondary N) is 1. The van der Waals surface area contributed by atoms with Crippen molar-refractivity contribution in [3.63, 3.8) is 0 Å². The lowest BCUT2D eigenvalue weighted by atomic mass is 10.0. The van der Waals surface area contributed by atoms with Crippen LogP contribution in [0.25, 0.3) is 22.2 Å². The smallest absolute Gasteiger partial charge is 0.339 e. The van der Waals surface area contributed by atoms with Gasteiger partial charge in [0.15, 0.2) is 6.61 Å². The zero-order valence-corrected chi connectivity index (χ0v) is 19.5. The minimum atomic E-state index is -0.597. The molecule has 6 nitrogen and oxygen atoms in total. The summed E-state index contributed by atoms with van der Waals surface area (Å²) in [5.41, 5.74) is 3.04. The topological polar surface area (TPSA) is 77.5 Å². The fraction of sp³-hybridized carbons (Fsp3) is 0.115. The van der Waals surface area contributed by atoms with Gasteiger partial charge in [0.1, 0.15) is 5.75 Å². The molecule has 0 radical (unpaired) electrons. The van der Waals surface area contributed by atoms with E-state index in [0.29, 0.717) is 40.2 Å². The molecule has 0 aliphatic carbocycles. The predicted octanol–water partition coefficient (Wildman–Crippen LogP) is 5.86. The summed E-state index contributed by atoms with van der Waals surface area (Å²) in [6.45, 7) is 1.91. The molecule has 0 aliphatic rings. The Hall–Kier alpha value is -3.71. The zero-order chi connectivity index (χ0) is 23.2. The quantitative estimate of drug-likeness (QED) is 0.319. The second kappa shape index (κ2) is 10.3. The minimum Gasteiger partial charge on any atom is -0.492 e. The van der Waals surface area contributed by atoms with Crippen LogP contribution in [0.3, 0.4) is 0 Å². The summed E-state index contributed by atoms with van der Waals surface area (Å²) in [5.74, 6) is -0.499. The van der Waals surface area contributed by atoms with E-state index in [1.54, 1.807) is 24.3 Å². The number of hydrogen-bond acceptors (Lipinski definition) is 5. The fourth-order valence-corrected chi connectivity index (χ4v) is 3.62. The lowest BCUT2D eigenvalue weighted by molar-refractivity contribution is -0.119. The molecule has 33 heavy (non-hydrogen) atoms. The van der Waals surface area contributed by atoms with Crippen LogP contribution in [0.5, 0.6) is 5.75 Å². The number of aromatic nitrogens is 1. The van der Waals surface area contributed by atoms with E-state index in [9.17, 15) is 9.59 Å². The van der Waals surface area contributed by atoms with E-state index >= 15 is 0 Å². The van der Waals surface area contributed by atoms with Crippen LogP contribution in [0.2, 0.25) is 0 Å². The number of hydrogen-bond donors (Lipinski definition) is 1. The molecule has 0 fully saturated rings. The number of carbonyl (C=O) groups is 2. The summed E-state index contributed by atoms with van der Waals surface area (Å²) < 4.78 is 11.8. The Morgan fingerprint density at radius 2 is 1.70 bits per heavy atom. The number of carbonyl (C=O) groups excluding carboxylic acids is 2. The van der Waals surface area contributed by atoms with Crippen molar-refractivity contribution in [1.82, 2.24) is 4.98 Å². The molecule has 0 spiro atoms. The van der Waals surface area contributed by atoms with Crippen LogP contribution in [0.15, 0.2) is 83.3 Å². The van der Waals surface area contributed by atoms with Gasteiger partial charge in [-0.15, -0.1) is 0 Å². The number of pyridine rings is 1. The number of amides is 1. The van der Waals surface area contributed by atoms with Gasteiger partial charge in [0.25, 0.3) is 5.91 Å².